The van der Waals surface area contributed by atoms with Crippen LogP contribution in [0.1, 0.15) is 5.56 Å². The number of nitrogens with zero attached hydrogens (tertiary/aromatic N) is 2. The van der Waals surface area contributed by atoms with Crippen LogP contribution in [-0.2, 0) is 6.54 Å². The highest BCUT2D eigenvalue weighted by Gasteiger charge is 2.21. The topological polar surface area (TPSA) is 35.6 Å². The molecule has 1 fully saturated rings. The number of benzene rings is 2. The fourth-order valence-corrected chi connectivity index (χ4v) is 2.87. The average molecular weight is 348 g/mol. The lowest BCUT2D eigenvalue weighted by molar-refractivity contribution is 0.194. The van der Waals surface area contributed by atoms with Gasteiger partial charge in [0.05, 0.1) is 0 Å². The zero-order valence-corrected chi connectivity index (χ0v) is 14.0. The molecule has 0 spiro atoms. The van der Waals surface area contributed by atoms with Gasteiger partial charge in [0.1, 0.15) is 5.82 Å². The van der Waals surface area contributed by atoms with Crippen LogP contribution in [0.2, 0.25) is 5.02 Å². The number of anilines is 1. The minimum Gasteiger partial charge on any atom is -0.368 e. The first-order chi connectivity index (χ1) is 11.6. The first-order valence-corrected chi connectivity index (χ1v) is 8.28. The Kier molecular flexibility index (Phi) is 5.20. The van der Waals surface area contributed by atoms with Crippen LogP contribution in [0, 0.1) is 5.82 Å². The Hall–Kier alpha value is -2.27. The summed E-state index contributed by atoms with van der Waals surface area (Å²) in [7, 11) is 0. The van der Waals surface area contributed by atoms with Crippen LogP contribution >= 0.6 is 11.6 Å². The number of nitrogens with one attached hydrogen (secondary N) is 1. The predicted octanol–water partition coefficient (Wildman–Crippen LogP) is 3.51. The largest absolute Gasteiger partial charge is 0.368 e. The van der Waals surface area contributed by atoms with E-state index in [0.717, 1.165) is 18.8 Å². The highest BCUT2D eigenvalue weighted by Crippen LogP contribution is 2.19. The number of hydrogen-bond donors (Lipinski definition) is 1. The first kappa shape index (κ1) is 16.6. The molecule has 1 N–H and O–H groups in total. The standard InChI is InChI=1S/C18H19ClFN3O/c19-15-5-7-16(8-6-15)22-9-11-23(12-10-22)18(24)21-13-14-3-1-2-4-17(14)20/h1-8H,9-13H2,(H,21,24). The summed E-state index contributed by atoms with van der Waals surface area (Å²) >= 11 is 5.91. The predicted molar refractivity (Wildman–Crippen MR) is 93.9 cm³/mol. The molecule has 1 aliphatic heterocycles. The molecule has 0 aromatic heterocycles. The maximum absolute atomic E-state index is 13.6. The number of hydrogen-bond acceptors (Lipinski definition) is 2. The van der Waals surface area contributed by atoms with Gasteiger partial charge < -0.3 is 15.1 Å². The van der Waals surface area contributed by atoms with E-state index < -0.39 is 0 Å². The van der Waals surface area contributed by atoms with Crippen LogP contribution in [-0.4, -0.2) is 37.1 Å². The van der Waals surface area contributed by atoms with Crippen molar-refractivity contribution in [3.63, 3.8) is 0 Å². The van der Waals surface area contributed by atoms with Crippen LogP contribution in [0.4, 0.5) is 14.9 Å². The molecule has 24 heavy (non-hydrogen) atoms. The van der Waals surface area contributed by atoms with Crippen molar-refractivity contribution in [2.24, 2.45) is 0 Å². The molecule has 4 nitrogen and oxygen atoms in total. The maximum atomic E-state index is 13.6. The van der Waals surface area contributed by atoms with Crippen molar-refractivity contribution in [1.82, 2.24) is 10.2 Å². The van der Waals surface area contributed by atoms with E-state index in [1.807, 2.05) is 24.3 Å². The Morgan fingerprint density at radius 2 is 1.71 bits per heavy atom. The molecular weight excluding hydrogens is 329 g/mol. The normalized spacial score (nSPS) is 14.6. The van der Waals surface area contributed by atoms with Gasteiger partial charge in [-0.15, -0.1) is 0 Å². The quantitative estimate of drug-likeness (QED) is 0.922. The molecule has 3 rings (SSSR count). The van der Waals surface area contributed by atoms with Crippen LogP contribution in [0.5, 0.6) is 0 Å². The lowest BCUT2D eigenvalue weighted by atomic mass is 10.2. The lowest BCUT2D eigenvalue weighted by Crippen LogP contribution is -2.51. The van der Waals surface area contributed by atoms with Gasteiger partial charge in [-0.3, -0.25) is 0 Å². The third-order valence-electron chi connectivity index (χ3n) is 4.15. The van der Waals surface area contributed by atoms with Crippen molar-refractivity contribution < 1.29 is 9.18 Å². The molecule has 0 bridgehead atoms. The monoisotopic (exact) mass is 347 g/mol. The van der Waals surface area contributed by atoms with Crippen molar-refractivity contribution in [3.8, 4) is 0 Å². The van der Waals surface area contributed by atoms with E-state index in [1.54, 1.807) is 23.1 Å². The van der Waals surface area contributed by atoms with Crippen LogP contribution in [0.15, 0.2) is 48.5 Å². The smallest absolute Gasteiger partial charge is 0.317 e. The number of rotatable bonds is 3. The van der Waals surface area contributed by atoms with E-state index in [-0.39, 0.29) is 18.4 Å². The summed E-state index contributed by atoms with van der Waals surface area (Å²) in [4.78, 5) is 16.2. The molecule has 0 aliphatic carbocycles. The Morgan fingerprint density at radius 3 is 2.38 bits per heavy atom. The van der Waals surface area contributed by atoms with Crippen molar-refractivity contribution >= 4 is 23.3 Å². The lowest BCUT2D eigenvalue weighted by Gasteiger charge is -2.36. The van der Waals surface area contributed by atoms with Gasteiger partial charge >= 0.3 is 6.03 Å². The number of urea groups is 1. The molecule has 0 atom stereocenters. The summed E-state index contributed by atoms with van der Waals surface area (Å²) in [5.74, 6) is -0.301. The minimum absolute atomic E-state index is 0.158. The van der Waals surface area contributed by atoms with Crippen molar-refractivity contribution in [1.29, 1.82) is 0 Å². The minimum atomic E-state index is -0.301. The second kappa shape index (κ2) is 7.53. The average Bonchev–Trinajstić information content (AvgIpc) is 2.62. The number of carbonyl (C=O) groups excluding carboxylic acids is 1. The second-order valence-electron chi connectivity index (χ2n) is 5.70. The van der Waals surface area contributed by atoms with Gasteiger partial charge in [0, 0.05) is 49.0 Å². The summed E-state index contributed by atoms with van der Waals surface area (Å²) in [5, 5.41) is 3.50. The van der Waals surface area contributed by atoms with Crippen molar-refractivity contribution in [2.45, 2.75) is 6.54 Å². The zero-order valence-electron chi connectivity index (χ0n) is 13.2. The first-order valence-electron chi connectivity index (χ1n) is 7.90. The van der Waals surface area contributed by atoms with Crippen molar-refractivity contribution in [3.05, 3.63) is 64.9 Å². The van der Waals surface area contributed by atoms with Gasteiger partial charge in [0.2, 0.25) is 0 Å². The molecule has 0 radical (unpaired) electrons. The fourth-order valence-electron chi connectivity index (χ4n) is 2.74. The SMILES string of the molecule is O=C(NCc1ccccc1F)N1CCN(c2ccc(Cl)cc2)CC1. The van der Waals surface area contributed by atoms with Gasteiger partial charge in [-0.1, -0.05) is 29.8 Å². The Balaban J connectivity index is 1.50. The van der Waals surface area contributed by atoms with E-state index in [1.165, 1.54) is 6.07 Å². The summed E-state index contributed by atoms with van der Waals surface area (Å²) < 4.78 is 13.6. The van der Waals surface area contributed by atoms with Crippen molar-refractivity contribution in [2.75, 3.05) is 31.1 Å². The van der Waals surface area contributed by atoms with E-state index in [4.69, 9.17) is 11.6 Å². The van der Waals surface area contributed by atoms with Crippen LogP contribution < -0.4 is 10.2 Å². The van der Waals surface area contributed by atoms with Gasteiger partial charge in [-0.25, -0.2) is 9.18 Å². The second-order valence-corrected chi connectivity index (χ2v) is 6.14. The van der Waals surface area contributed by atoms with Gasteiger partial charge in [-0.05, 0) is 30.3 Å². The van der Waals surface area contributed by atoms with Crippen LogP contribution in [0.25, 0.3) is 0 Å². The summed E-state index contributed by atoms with van der Waals surface area (Å²) in [6.07, 6.45) is 0. The third kappa shape index (κ3) is 3.97. The number of carbonyl (C=O) groups is 1. The molecule has 6 heteroatoms. The maximum Gasteiger partial charge on any atom is 0.317 e. The Morgan fingerprint density at radius 1 is 1.04 bits per heavy atom. The molecule has 2 aromatic carbocycles. The summed E-state index contributed by atoms with van der Waals surface area (Å²) in [5.41, 5.74) is 1.59. The number of amides is 2. The number of halogens is 2. The summed E-state index contributed by atoms with van der Waals surface area (Å²) in [6, 6.07) is 14.0. The number of piperazine rings is 1. The molecule has 1 heterocycles. The van der Waals surface area contributed by atoms with E-state index in [0.29, 0.717) is 23.7 Å². The molecule has 1 aliphatic rings. The Labute approximate surface area is 145 Å². The fraction of sp³-hybridized carbons (Fsp3) is 0.278. The third-order valence-corrected chi connectivity index (χ3v) is 4.40. The zero-order chi connectivity index (χ0) is 16.9. The van der Waals surface area contributed by atoms with Gasteiger partial charge in [0.15, 0.2) is 0 Å². The van der Waals surface area contributed by atoms with Crippen LogP contribution in [0.3, 0.4) is 0 Å². The summed E-state index contributed by atoms with van der Waals surface area (Å²) in [6.45, 7) is 2.98. The molecule has 2 aromatic rings. The molecule has 2 amide bonds. The Bertz CT molecular complexity index is 700. The highest BCUT2D eigenvalue weighted by molar-refractivity contribution is 6.30. The highest BCUT2D eigenvalue weighted by atomic mass is 35.5. The molecule has 126 valence electrons. The van der Waals surface area contributed by atoms with E-state index >= 15 is 0 Å². The van der Waals surface area contributed by atoms with Gasteiger partial charge in [0.25, 0.3) is 0 Å². The van der Waals surface area contributed by atoms with E-state index in [2.05, 4.69) is 10.2 Å². The molecule has 1 saturated heterocycles. The molecule has 0 unspecified atom stereocenters. The van der Waals surface area contributed by atoms with E-state index in [9.17, 15) is 9.18 Å². The molecule has 0 saturated carbocycles. The molecular formula is C18H19ClFN3O. The van der Waals surface area contributed by atoms with Gasteiger partial charge in [-0.2, -0.15) is 0 Å².